The van der Waals surface area contributed by atoms with Crippen LogP contribution in [0.1, 0.15) is 44.5 Å². The number of benzene rings is 1. The second-order valence-electron chi connectivity index (χ2n) is 7.52. The molecule has 0 fully saturated rings. The number of fused-ring (bicyclic) bond motifs is 1. The van der Waals surface area contributed by atoms with Crippen LogP contribution >= 0.6 is 0 Å². The molecule has 1 aromatic heterocycles. The summed E-state index contributed by atoms with van der Waals surface area (Å²) in [6.45, 7) is 9.47. The van der Waals surface area contributed by atoms with Crippen LogP contribution in [0.25, 0.3) is 0 Å². The molecular weight excluding hydrogens is 324 g/mol. The lowest BCUT2D eigenvalue weighted by Gasteiger charge is -2.36. The molecular formula is C21H30N4O. The van der Waals surface area contributed by atoms with Gasteiger partial charge >= 0.3 is 0 Å². The zero-order valence-electron chi connectivity index (χ0n) is 16.2. The van der Waals surface area contributed by atoms with Gasteiger partial charge in [-0.2, -0.15) is 4.98 Å². The number of nitrogens with one attached hydrogen (secondary N) is 1. The average Bonchev–Trinajstić information content (AvgIpc) is 2.64. The number of anilines is 2. The maximum Gasteiger partial charge on any atom is 0.225 e. The summed E-state index contributed by atoms with van der Waals surface area (Å²) >= 11 is 0. The van der Waals surface area contributed by atoms with Crippen LogP contribution in [0.5, 0.6) is 0 Å². The van der Waals surface area contributed by atoms with Crippen molar-refractivity contribution in [3.63, 3.8) is 0 Å². The number of hydrogen-bond acceptors (Lipinski definition) is 5. The standard InChI is InChI=1S/C21H30N4O/c1-5-18-11-20(24-21(22-18)23-19(13-26)14(2)3)25-12-17-9-7-6-8-16(17)10-15(25)4/h6-9,11,14-15,19,26H,5,10,12-13H2,1-4H3,(H,22,23,24)/t15-,19-/m0/s1. The number of aryl methyl sites for hydroxylation is 1. The Hall–Kier alpha value is -2.14. The summed E-state index contributed by atoms with van der Waals surface area (Å²) in [6, 6.07) is 11.1. The fourth-order valence-corrected chi connectivity index (χ4v) is 3.45. The first kappa shape index (κ1) is 18.6. The van der Waals surface area contributed by atoms with Crippen LogP contribution in [0, 0.1) is 5.92 Å². The van der Waals surface area contributed by atoms with Crippen molar-refractivity contribution >= 4 is 11.8 Å². The molecule has 140 valence electrons. The summed E-state index contributed by atoms with van der Waals surface area (Å²) in [7, 11) is 0. The molecule has 0 saturated heterocycles. The fraction of sp³-hybridized carbons (Fsp3) is 0.524. The van der Waals surface area contributed by atoms with E-state index < -0.39 is 0 Å². The van der Waals surface area contributed by atoms with E-state index in [0.717, 1.165) is 30.9 Å². The van der Waals surface area contributed by atoms with Gasteiger partial charge in [0, 0.05) is 24.3 Å². The van der Waals surface area contributed by atoms with Gasteiger partial charge in [-0.25, -0.2) is 4.98 Å². The molecule has 2 heterocycles. The van der Waals surface area contributed by atoms with Gasteiger partial charge in [0.05, 0.1) is 12.6 Å². The molecule has 1 aromatic carbocycles. The normalized spacial score (nSPS) is 17.9. The molecule has 0 saturated carbocycles. The first-order valence-corrected chi connectivity index (χ1v) is 9.60. The highest BCUT2D eigenvalue weighted by Crippen LogP contribution is 2.28. The first-order valence-electron chi connectivity index (χ1n) is 9.60. The Morgan fingerprint density at radius 2 is 1.96 bits per heavy atom. The van der Waals surface area contributed by atoms with E-state index in [2.05, 4.69) is 73.2 Å². The van der Waals surface area contributed by atoms with E-state index in [9.17, 15) is 5.11 Å². The van der Waals surface area contributed by atoms with Crippen molar-refractivity contribution in [1.29, 1.82) is 0 Å². The van der Waals surface area contributed by atoms with Crippen LogP contribution in [0.2, 0.25) is 0 Å². The first-order chi connectivity index (χ1) is 12.5. The lowest BCUT2D eigenvalue weighted by molar-refractivity contribution is 0.248. The lowest BCUT2D eigenvalue weighted by atomic mass is 9.95. The van der Waals surface area contributed by atoms with Gasteiger partial charge in [-0.1, -0.05) is 45.0 Å². The highest BCUT2D eigenvalue weighted by molar-refractivity contribution is 5.49. The van der Waals surface area contributed by atoms with Crippen LogP contribution in [0.3, 0.4) is 0 Å². The van der Waals surface area contributed by atoms with Gasteiger partial charge in [-0.15, -0.1) is 0 Å². The molecule has 2 N–H and O–H groups in total. The van der Waals surface area contributed by atoms with Gasteiger partial charge in [0.15, 0.2) is 0 Å². The number of aromatic nitrogens is 2. The van der Waals surface area contributed by atoms with E-state index in [0.29, 0.717) is 17.9 Å². The number of nitrogens with zero attached hydrogens (tertiary/aromatic N) is 3. The van der Waals surface area contributed by atoms with Gasteiger partial charge in [0.2, 0.25) is 5.95 Å². The molecule has 5 nitrogen and oxygen atoms in total. The number of aliphatic hydroxyl groups excluding tert-OH is 1. The number of rotatable bonds is 6. The van der Waals surface area contributed by atoms with Crippen LogP contribution in [0.4, 0.5) is 11.8 Å². The van der Waals surface area contributed by atoms with Gasteiger partial charge < -0.3 is 15.3 Å². The molecule has 0 aliphatic carbocycles. The summed E-state index contributed by atoms with van der Waals surface area (Å²) in [4.78, 5) is 11.8. The Morgan fingerprint density at radius 1 is 1.23 bits per heavy atom. The molecule has 0 radical (unpaired) electrons. The van der Waals surface area contributed by atoms with Gasteiger partial charge in [0.25, 0.3) is 0 Å². The van der Waals surface area contributed by atoms with Crippen molar-refractivity contribution in [3.05, 3.63) is 47.2 Å². The Kier molecular flexibility index (Phi) is 5.77. The lowest BCUT2D eigenvalue weighted by Crippen LogP contribution is -2.39. The SMILES string of the molecule is CCc1cc(N2Cc3ccccc3C[C@@H]2C)nc(N[C@@H](CO)C(C)C)n1. The molecule has 26 heavy (non-hydrogen) atoms. The quantitative estimate of drug-likeness (QED) is 0.832. The van der Waals surface area contributed by atoms with Crippen molar-refractivity contribution in [3.8, 4) is 0 Å². The topological polar surface area (TPSA) is 61.3 Å². The van der Waals surface area contributed by atoms with Crippen molar-refractivity contribution in [2.75, 3.05) is 16.8 Å². The largest absolute Gasteiger partial charge is 0.394 e. The Labute approximate surface area is 156 Å². The zero-order chi connectivity index (χ0) is 18.7. The predicted octanol–water partition coefficient (Wildman–Crippen LogP) is 3.42. The minimum Gasteiger partial charge on any atom is -0.394 e. The van der Waals surface area contributed by atoms with Crippen molar-refractivity contribution in [2.24, 2.45) is 5.92 Å². The van der Waals surface area contributed by atoms with E-state index in [1.807, 2.05) is 0 Å². The van der Waals surface area contributed by atoms with Crippen LogP contribution in [-0.4, -0.2) is 33.8 Å². The number of hydrogen-bond donors (Lipinski definition) is 2. The second-order valence-corrected chi connectivity index (χ2v) is 7.52. The third-order valence-electron chi connectivity index (χ3n) is 5.24. The van der Waals surface area contributed by atoms with E-state index in [4.69, 9.17) is 4.98 Å². The van der Waals surface area contributed by atoms with Gasteiger partial charge in [-0.3, -0.25) is 0 Å². The predicted molar refractivity (Wildman–Crippen MR) is 107 cm³/mol. The second kappa shape index (κ2) is 8.04. The van der Waals surface area contributed by atoms with Crippen molar-refractivity contribution in [1.82, 2.24) is 9.97 Å². The van der Waals surface area contributed by atoms with Gasteiger partial charge in [-0.05, 0) is 36.8 Å². The third-order valence-corrected chi connectivity index (χ3v) is 5.24. The van der Waals surface area contributed by atoms with E-state index >= 15 is 0 Å². The summed E-state index contributed by atoms with van der Waals surface area (Å²) < 4.78 is 0. The van der Waals surface area contributed by atoms with E-state index in [-0.39, 0.29) is 12.6 Å². The monoisotopic (exact) mass is 354 g/mol. The van der Waals surface area contributed by atoms with E-state index in [1.165, 1.54) is 11.1 Å². The minimum absolute atomic E-state index is 0.0468. The minimum atomic E-state index is -0.0468. The fourth-order valence-electron chi connectivity index (χ4n) is 3.45. The van der Waals surface area contributed by atoms with Crippen LogP contribution in [0.15, 0.2) is 30.3 Å². The number of aliphatic hydroxyl groups is 1. The summed E-state index contributed by atoms with van der Waals surface area (Å²) in [5.74, 6) is 1.87. The summed E-state index contributed by atoms with van der Waals surface area (Å²) in [5.41, 5.74) is 3.82. The molecule has 3 rings (SSSR count). The molecule has 5 heteroatoms. The molecule has 1 aliphatic rings. The molecule has 0 unspecified atom stereocenters. The maximum atomic E-state index is 9.63. The third kappa shape index (κ3) is 3.98. The van der Waals surface area contributed by atoms with E-state index in [1.54, 1.807) is 0 Å². The average molecular weight is 354 g/mol. The molecule has 2 atom stereocenters. The summed E-state index contributed by atoms with van der Waals surface area (Å²) in [6.07, 6.45) is 1.88. The highest BCUT2D eigenvalue weighted by atomic mass is 16.3. The zero-order valence-corrected chi connectivity index (χ0v) is 16.2. The Balaban J connectivity index is 1.91. The van der Waals surface area contributed by atoms with Gasteiger partial charge in [0.1, 0.15) is 5.82 Å². The molecule has 0 bridgehead atoms. The maximum absolute atomic E-state index is 9.63. The van der Waals surface area contributed by atoms with Crippen LogP contribution in [-0.2, 0) is 19.4 Å². The molecule has 0 amide bonds. The Morgan fingerprint density at radius 3 is 2.62 bits per heavy atom. The highest BCUT2D eigenvalue weighted by Gasteiger charge is 2.25. The van der Waals surface area contributed by atoms with Crippen molar-refractivity contribution in [2.45, 2.75) is 59.2 Å². The smallest absolute Gasteiger partial charge is 0.225 e. The summed E-state index contributed by atoms with van der Waals surface area (Å²) in [5, 5.41) is 12.9. The van der Waals surface area contributed by atoms with Crippen molar-refractivity contribution < 1.29 is 5.11 Å². The van der Waals surface area contributed by atoms with Crippen LogP contribution < -0.4 is 10.2 Å². The molecule has 1 aliphatic heterocycles. The molecule has 2 aromatic rings. The Bertz CT molecular complexity index is 747. The molecule has 0 spiro atoms.